The van der Waals surface area contributed by atoms with Crippen molar-refractivity contribution in [2.45, 2.75) is 27.7 Å². The summed E-state index contributed by atoms with van der Waals surface area (Å²) in [6.45, 7) is 8.30. The highest BCUT2D eigenvalue weighted by atomic mass is 32.1. The van der Waals surface area contributed by atoms with Crippen molar-refractivity contribution >= 4 is 28.2 Å². The van der Waals surface area contributed by atoms with Gasteiger partial charge in [-0.05, 0) is 33.4 Å². The van der Waals surface area contributed by atoms with Crippen LogP contribution in [0.25, 0.3) is 0 Å². The molecule has 0 radical (unpaired) electrons. The number of esters is 1. The lowest BCUT2D eigenvalue weighted by Crippen LogP contribution is -2.28. The zero-order chi connectivity index (χ0) is 15.3. The number of amides is 1. The molecule has 1 aromatic heterocycles. The first-order valence-corrected chi connectivity index (χ1v) is 7.46. The third-order valence-electron chi connectivity index (χ3n) is 3.06. The van der Waals surface area contributed by atoms with Gasteiger partial charge in [-0.1, -0.05) is 6.92 Å². The van der Waals surface area contributed by atoms with E-state index >= 15 is 0 Å². The third kappa shape index (κ3) is 3.80. The van der Waals surface area contributed by atoms with Gasteiger partial charge in [-0.25, -0.2) is 4.79 Å². The number of hydrogen-bond acceptors (Lipinski definition) is 5. The first kappa shape index (κ1) is 16.7. The maximum atomic E-state index is 12.1. The Kier molecular flexibility index (Phi) is 6.16. The molecule has 0 aliphatic heterocycles. The van der Waals surface area contributed by atoms with Crippen LogP contribution in [0.1, 0.15) is 34.6 Å². The van der Waals surface area contributed by atoms with Gasteiger partial charge in [0.1, 0.15) is 5.00 Å². The molecule has 1 amide bonds. The molecule has 1 unspecified atom stereocenters. The second-order valence-electron chi connectivity index (χ2n) is 4.66. The fraction of sp³-hybridized carbons (Fsp3) is 0.571. The molecule has 0 aliphatic rings. The summed E-state index contributed by atoms with van der Waals surface area (Å²) < 4.78 is 5.06. The van der Waals surface area contributed by atoms with Crippen molar-refractivity contribution < 1.29 is 14.3 Å². The molecule has 5 nitrogen and oxygen atoms in total. The topological polar surface area (TPSA) is 67.4 Å². The predicted molar refractivity (Wildman–Crippen MR) is 81.5 cm³/mol. The maximum Gasteiger partial charge on any atom is 0.341 e. The molecule has 20 heavy (non-hydrogen) atoms. The normalized spacial score (nSPS) is 12.1. The number of carbonyl (C=O) groups excluding carboxylic acids is 2. The Morgan fingerprint density at radius 1 is 1.35 bits per heavy atom. The van der Waals surface area contributed by atoms with E-state index < -0.39 is 0 Å². The van der Waals surface area contributed by atoms with Crippen LogP contribution in [0.4, 0.5) is 5.00 Å². The van der Waals surface area contributed by atoms with Crippen LogP contribution >= 0.6 is 11.3 Å². The molecule has 0 bridgehead atoms. The SMILES string of the molecule is CCOC(=O)c1c(NC(=O)C(C)CNC)sc(C)c1C. The van der Waals surface area contributed by atoms with Crippen molar-refractivity contribution in [3.8, 4) is 0 Å². The van der Waals surface area contributed by atoms with Crippen molar-refractivity contribution in [1.29, 1.82) is 0 Å². The molecule has 1 heterocycles. The molecular weight excluding hydrogens is 276 g/mol. The van der Waals surface area contributed by atoms with Crippen LogP contribution in [-0.4, -0.2) is 32.1 Å². The summed E-state index contributed by atoms with van der Waals surface area (Å²) in [5, 5.41) is 6.37. The second kappa shape index (κ2) is 7.40. The van der Waals surface area contributed by atoms with E-state index in [0.29, 0.717) is 23.7 Å². The summed E-state index contributed by atoms with van der Waals surface area (Å²) in [6.07, 6.45) is 0. The number of ether oxygens (including phenoxy) is 1. The Balaban J connectivity index is 2.98. The average Bonchev–Trinajstić information content (AvgIpc) is 2.65. The third-order valence-corrected chi connectivity index (χ3v) is 4.18. The molecule has 0 aromatic carbocycles. The van der Waals surface area contributed by atoms with Crippen LogP contribution in [0, 0.1) is 19.8 Å². The zero-order valence-electron chi connectivity index (χ0n) is 12.6. The van der Waals surface area contributed by atoms with Gasteiger partial charge in [0.15, 0.2) is 0 Å². The van der Waals surface area contributed by atoms with Gasteiger partial charge < -0.3 is 15.4 Å². The Labute approximate surface area is 123 Å². The summed E-state index contributed by atoms with van der Waals surface area (Å²) in [7, 11) is 1.80. The van der Waals surface area contributed by atoms with Crippen LogP contribution in [0.15, 0.2) is 0 Å². The fourth-order valence-electron chi connectivity index (χ4n) is 1.80. The number of aryl methyl sites for hydroxylation is 1. The highest BCUT2D eigenvalue weighted by molar-refractivity contribution is 7.16. The Morgan fingerprint density at radius 3 is 2.55 bits per heavy atom. The zero-order valence-corrected chi connectivity index (χ0v) is 13.4. The van der Waals surface area contributed by atoms with Crippen molar-refractivity contribution in [2.24, 2.45) is 5.92 Å². The van der Waals surface area contributed by atoms with E-state index in [9.17, 15) is 9.59 Å². The summed E-state index contributed by atoms with van der Waals surface area (Å²) in [4.78, 5) is 25.1. The second-order valence-corrected chi connectivity index (χ2v) is 5.88. The minimum absolute atomic E-state index is 0.105. The van der Waals surface area contributed by atoms with Gasteiger partial charge in [0.2, 0.25) is 5.91 Å². The van der Waals surface area contributed by atoms with Gasteiger partial charge in [-0.2, -0.15) is 0 Å². The molecule has 0 fully saturated rings. The van der Waals surface area contributed by atoms with Gasteiger partial charge in [0, 0.05) is 17.3 Å². The van der Waals surface area contributed by atoms with Crippen molar-refractivity contribution in [1.82, 2.24) is 5.32 Å². The van der Waals surface area contributed by atoms with Crippen LogP contribution in [0.2, 0.25) is 0 Å². The molecule has 1 rings (SSSR count). The minimum Gasteiger partial charge on any atom is -0.462 e. The van der Waals surface area contributed by atoms with Gasteiger partial charge in [-0.3, -0.25) is 4.79 Å². The molecule has 0 saturated heterocycles. The molecular formula is C14H22N2O3S. The lowest BCUT2D eigenvalue weighted by atomic mass is 10.1. The number of hydrogen-bond donors (Lipinski definition) is 2. The number of nitrogens with one attached hydrogen (secondary N) is 2. The van der Waals surface area contributed by atoms with Crippen LogP contribution in [0.5, 0.6) is 0 Å². The van der Waals surface area contributed by atoms with E-state index in [1.165, 1.54) is 11.3 Å². The molecule has 0 spiro atoms. The monoisotopic (exact) mass is 298 g/mol. The van der Waals surface area contributed by atoms with Gasteiger partial charge in [-0.15, -0.1) is 11.3 Å². The number of thiophene rings is 1. The van der Waals surface area contributed by atoms with Gasteiger partial charge >= 0.3 is 5.97 Å². The van der Waals surface area contributed by atoms with Crippen LogP contribution in [0.3, 0.4) is 0 Å². The molecule has 112 valence electrons. The first-order chi connectivity index (χ1) is 9.42. The summed E-state index contributed by atoms with van der Waals surface area (Å²) in [6, 6.07) is 0. The standard InChI is InChI=1S/C14H22N2O3S/c1-6-19-14(18)11-9(3)10(4)20-13(11)16-12(17)8(2)7-15-5/h8,15H,6-7H2,1-5H3,(H,16,17). The number of anilines is 1. The van der Waals surface area contributed by atoms with Crippen molar-refractivity contribution in [3.05, 3.63) is 16.0 Å². The van der Waals surface area contributed by atoms with E-state index in [1.54, 1.807) is 14.0 Å². The lowest BCUT2D eigenvalue weighted by molar-refractivity contribution is -0.119. The van der Waals surface area contributed by atoms with E-state index in [1.807, 2.05) is 20.8 Å². The summed E-state index contributed by atoms with van der Waals surface area (Å²) in [5.74, 6) is -0.658. The molecule has 6 heteroatoms. The molecule has 1 aromatic rings. The fourth-order valence-corrected chi connectivity index (χ4v) is 2.85. The van der Waals surface area contributed by atoms with Gasteiger partial charge in [0.05, 0.1) is 12.2 Å². The van der Waals surface area contributed by atoms with E-state index in [-0.39, 0.29) is 17.8 Å². The summed E-state index contributed by atoms with van der Waals surface area (Å²) >= 11 is 1.41. The molecule has 0 saturated carbocycles. The molecule has 0 aliphatic carbocycles. The van der Waals surface area contributed by atoms with E-state index in [4.69, 9.17) is 4.74 Å². The highest BCUT2D eigenvalue weighted by Crippen LogP contribution is 2.33. The molecule has 2 N–H and O–H groups in total. The molecule has 1 atom stereocenters. The number of rotatable bonds is 6. The van der Waals surface area contributed by atoms with E-state index in [2.05, 4.69) is 10.6 Å². The summed E-state index contributed by atoms with van der Waals surface area (Å²) in [5.41, 5.74) is 1.34. The Morgan fingerprint density at radius 2 is 2.00 bits per heavy atom. The van der Waals surface area contributed by atoms with Gasteiger partial charge in [0.25, 0.3) is 0 Å². The van der Waals surface area contributed by atoms with Crippen molar-refractivity contribution in [2.75, 3.05) is 25.5 Å². The van der Waals surface area contributed by atoms with Crippen LogP contribution in [-0.2, 0) is 9.53 Å². The lowest BCUT2D eigenvalue weighted by Gasteiger charge is -2.11. The Bertz CT molecular complexity index is 497. The Hall–Kier alpha value is -1.40. The quantitative estimate of drug-likeness (QED) is 0.791. The number of carbonyl (C=O) groups is 2. The van der Waals surface area contributed by atoms with E-state index in [0.717, 1.165) is 10.4 Å². The smallest absolute Gasteiger partial charge is 0.341 e. The largest absolute Gasteiger partial charge is 0.462 e. The minimum atomic E-state index is -0.383. The van der Waals surface area contributed by atoms with Crippen LogP contribution < -0.4 is 10.6 Å². The predicted octanol–water partition coefficient (Wildman–Crippen LogP) is 2.34. The van der Waals surface area contributed by atoms with Crippen molar-refractivity contribution in [3.63, 3.8) is 0 Å². The maximum absolute atomic E-state index is 12.1. The average molecular weight is 298 g/mol. The highest BCUT2D eigenvalue weighted by Gasteiger charge is 2.23. The first-order valence-electron chi connectivity index (χ1n) is 6.64.